The second-order valence-corrected chi connectivity index (χ2v) is 6.48. The third-order valence-corrected chi connectivity index (χ3v) is 4.67. The highest BCUT2D eigenvalue weighted by atomic mass is 16.2. The van der Waals surface area contributed by atoms with Gasteiger partial charge in [-0.25, -0.2) is 19.4 Å². The van der Waals surface area contributed by atoms with Gasteiger partial charge in [0.05, 0.1) is 12.4 Å². The lowest BCUT2D eigenvalue weighted by Gasteiger charge is -2.28. The lowest BCUT2D eigenvalue weighted by Crippen LogP contribution is -2.41. The van der Waals surface area contributed by atoms with Crippen molar-refractivity contribution < 1.29 is 14.4 Å². The van der Waals surface area contributed by atoms with Crippen LogP contribution in [0.2, 0.25) is 0 Å². The molecule has 0 radical (unpaired) electrons. The van der Waals surface area contributed by atoms with Crippen molar-refractivity contribution in [3.63, 3.8) is 0 Å². The van der Waals surface area contributed by atoms with Crippen LogP contribution in [0, 0.1) is 0 Å². The number of benzene rings is 1. The highest BCUT2D eigenvalue weighted by molar-refractivity contribution is 6.44. The molecule has 2 aromatic rings. The summed E-state index contributed by atoms with van der Waals surface area (Å²) >= 11 is 0. The number of carbonyl (C=O) groups is 3. The molecule has 27 heavy (non-hydrogen) atoms. The van der Waals surface area contributed by atoms with Gasteiger partial charge in [-0.2, -0.15) is 5.10 Å². The molecule has 9 nitrogen and oxygen atoms in total. The van der Waals surface area contributed by atoms with E-state index in [-0.39, 0.29) is 19.3 Å². The van der Waals surface area contributed by atoms with Crippen LogP contribution in [0.1, 0.15) is 31.9 Å². The quantitative estimate of drug-likeness (QED) is 0.541. The first-order chi connectivity index (χ1) is 12.9. The monoisotopic (exact) mass is 370 g/mol. The Morgan fingerprint density at radius 3 is 2.33 bits per heavy atom. The van der Waals surface area contributed by atoms with Crippen molar-refractivity contribution in [1.82, 2.24) is 29.5 Å². The summed E-state index contributed by atoms with van der Waals surface area (Å²) in [6, 6.07) is 7.15. The standard InChI is InChI=1S/C18H22N6O3/c1-4-9-22-16(25)17(26)23(18(22)27)12-21(3)13(2)14-5-7-15(8-6-14)24-11-19-10-20-24/h5-8,10-11,13H,4,9,12H2,1-3H3/t13-/m0/s1. The molecule has 1 aromatic carbocycles. The van der Waals surface area contributed by atoms with E-state index in [1.807, 2.05) is 50.1 Å². The third-order valence-electron chi connectivity index (χ3n) is 4.67. The van der Waals surface area contributed by atoms with Gasteiger partial charge in [0, 0.05) is 12.6 Å². The predicted octanol–water partition coefficient (Wildman–Crippen LogP) is 1.42. The Bertz CT molecular complexity index is 833. The fourth-order valence-corrected chi connectivity index (χ4v) is 2.94. The molecule has 3 rings (SSSR count). The van der Waals surface area contributed by atoms with Crippen LogP contribution >= 0.6 is 0 Å². The molecule has 142 valence electrons. The SMILES string of the molecule is CCCN1C(=O)C(=O)N(CN(C)[C@@H](C)c2ccc(-n3cncn3)cc2)C1=O. The maximum Gasteiger partial charge on any atom is 0.335 e. The molecule has 0 unspecified atom stereocenters. The van der Waals surface area contributed by atoms with Gasteiger partial charge >= 0.3 is 17.8 Å². The van der Waals surface area contributed by atoms with Gasteiger partial charge in [0.1, 0.15) is 12.7 Å². The van der Waals surface area contributed by atoms with Gasteiger partial charge in [-0.05, 0) is 38.1 Å². The predicted molar refractivity (Wildman–Crippen MR) is 96.7 cm³/mol. The van der Waals surface area contributed by atoms with Gasteiger partial charge < -0.3 is 0 Å². The van der Waals surface area contributed by atoms with Crippen molar-refractivity contribution >= 4 is 17.8 Å². The molecule has 0 N–H and O–H groups in total. The summed E-state index contributed by atoms with van der Waals surface area (Å²) in [4.78, 5) is 44.2. The molecule has 2 heterocycles. The molecule has 1 saturated heterocycles. The second kappa shape index (κ2) is 7.67. The van der Waals surface area contributed by atoms with Gasteiger partial charge in [0.2, 0.25) is 0 Å². The zero-order chi connectivity index (χ0) is 19.6. The fourth-order valence-electron chi connectivity index (χ4n) is 2.94. The maximum atomic E-state index is 12.4. The summed E-state index contributed by atoms with van der Waals surface area (Å²) in [5.74, 6) is -1.52. The Hall–Kier alpha value is -3.07. The van der Waals surface area contributed by atoms with Crippen LogP contribution in [0.5, 0.6) is 0 Å². The number of hydrogen-bond acceptors (Lipinski definition) is 6. The Kier molecular flexibility index (Phi) is 5.31. The summed E-state index contributed by atoms with van der Waals surface area (Å²) in [6.45, 7) is 4.13. The van der Waals surface area contributed by atoms with Crippen molar-refractivity contribution in [1.29, 1.82) is 0 Å². The summed E-state index contributed by atoms with van der Waals surface area (Å²) < 4.78 is 1.66. The van der Waals surface area contributed by atoms with E-state index >= 15 is 0 Å². The topological polar surface area (TPSA) is 91.6 Å². The first-order valence-corrected chi connectivity index (χ1v) is 8.76. The maximum absolute atomic E-state index is 12.4. The fraction of sp³-hybridized carbons (Fsp3) is 0.389. The van der Waals surface area contributed by atoms with Crippen LogP contribution < -0.4 is 0 Å². The van der Waals surface area contributed by atoms with Crippen LogP contribution in [0.4, 0.5) is 4.79 Å². The van der Waals surface area contributed by atoms with Crippen molar-refractivity contribution in [2.24, 2.45) is 0 Å². The van der Waals surface area contributed by atoms with Gasteiger partial charge in [-0.3, -0.25) is 19.4 Å². The molecule has 0 spiro atoms. The van der Waals surface area contributed by atoms with Crippen molar-refractivity contribution in [3.8, 4) is 5.69 Å². The molecule has 9 heteroatoms. The number of hydrogen-bond donors (Lipinski definition) is 0. The molecule has 1 aliphatic heterocycles. The number of amides is 4. The molecule has 0 bridgehead atoms. The van der Waals surface area contributed by atoms with E-state index < -0.39 is 17.8 Å². The van der Waals surface area contributed by atoms with Gasteiger partial charge in [-0.1, -0.05) is 19.1 Å². The molecule has 1 fully saturated rings. The minimum atomic E-state index is -0.769. The molecule has 1 aromatic heterocycles. The van der Waals surface area contributed by atoms with E-state index in [4.69, 9.17) is 0 Å². The highest BCUT2D eigenvalue weighted by Crippen LogP contribution is 2.22. The van der Waals surface area contributed by atoms with Crippen molar-refractivity contribution in [2.45, 2.75) is 26.3 Å². The number of carbonyl (C=O) groups excluding carboxylic acids is 3. The molecule has 1 aliphatic rings. The molecule has 0 aliphatic carbocycles. The van der Waals surface area contributed by atoms with Crippen LogP contribution in [-0.4, -0.2) is 67.6 Å². The van der Waals surface area contributed by atoms with E-state index in [0.29, 0.717) is 6.42 Å². The first kappa shape index (κ1) is 18.7. The summed E-state index contributed by atoms with van der Waals surface area (Å²) in [7, 11) is 1.81. The van der Waals surface area contributed by atoms with Gasteiger partial charge in [-0.15, -0.1) is 0 Å². The zero-order valence-corrected chi connectivity index (χ0v) is 15.6. The molecular weight excluding hydrogens is 348 g/mol. The Balaban J connectivity index is 1.68. The first-order valence-electron chi connectivity index (χ1n) is 8.76. The number of aromatic nitrogens is 3. The van der Waals surface area contributed by atoms with E-state index in [0.717, 1.165) is 21.1 Å². The molecule has 4 amide bonds. The summed E-state index contributed by atoms with van der Waals surface area (Å²) in [6.07, 6.45) is 3.70. The number of imide groups is 2. The number of rotatable bonds is 7. The average molecular weight is 370 g/mol. The normalized spacial score (nSPS) is 15.9. The largest absolute Gasteiger partial charge is 0.335 e. The van der Waals surface area contributed by atoms with Crippen LogP contribution in [0.15, 0.2) is 36.9 Å². The number of nitrogens with zero attached hydrogens (tertiary/aromatic N) is 6. The van der Waals surface area contributed by atoms with E-state index in [1.165, 1.54) is 6.33 Å². The van der Waals surface area contributed by atoms with Crippen molar-refractivity contribution in [3.05, 3.63) is 42.5 Å². The smallest absolute Gasteiger partial charge is 0.282 e. The average Bonchev–Trinajstić information content (AvgIpc) is 3.28. The zero-order valence-electron chi connectivity index (χ0n) is 15.6. The van der Waals surface area contributed by atoms with Gasteiger partial charge in [0.15, 0.2) is 0 Å². The van der Waals surface area contributed by atoms with E-state index in [1.54, 1.807) is 11.0 Å². The van der Waals surface area contributed by atoms with E-state index in [2.05, 4.69) is 10.1 Å². The Labute approximate surface area is 157 Å². The minimum Gasteiger partial charge on any atom is -0.282 e. The van der Waals surface area contributed by atoms with Gasteiger partial charge in [0.25, 0.3) is 0 Å². The number of urea groups is 1. The minimum absolute atomic E-state index is 0.0512. The Morgan fingerprint density at radius 1 is 1.07 bits per heavy atom. The highest BCUT2D eigenvalue weighted by Gasteiger charge is 2.44. The summed E-state index contributed by atoms with van der Waals surface area (Å²) in [5.41, 5.74) is 1.90. The lowest BCUT2D eigenvalue weighted by molar-refractivity contribution is -0.144. The molecular formula is C18H22N6O3. The lowest BCUT2D eigenvalue weighted by atomic mass is 10.1. The summed E-state index contributed by atoms with van der Waals surface area (Å²) in [5, 5.41) is 4.09. The molecule has 0 saturated carbocycles. The van der Waals surface area contributed by atoms with Crippen LogP contribution in [0.3, 0.4) is 0 Å². The van der Waals surface area contributed by atoms with E-state index in [9.17, 15) is 14.4 Å². The van der Waals surface area contributed by atoms with Crippen LogP contribution in [-0.2, 0) is 9.59 Å². The molecule has 1 atom stereocenters. The third kappa shape index (κ3) is 3.59. The second-order valence-electron chi connectivity index (χ2n) is 6.48. The van der Waals surface area contributed by atoms with Crippen LogP contribution in [0.25, 0.3) is 5.69 Å². The van der Waals surface area contributed by atoms with Crippen molar-refractivity contribution in [2.75, 3.05) is 20.3 Å². The Morgan fingerprint density at radius 2 is 1.74 bits per heavy atom.